The first kappa shape index (κ1) is 26.8. The molecule has 2 heterocycles. The summed E-state index contributed by atoms with van der Waals surface area (Å²) < 4.78 is 17.0. The third kappa shape index (κ3) is 7.15. The average Bonchev–Trinajstić information content (AvgIpc) is 3.34. The van der Waals surface area contributed by atoms with Gasteiger partial charge < -0.3 is 24.1 Å². The van der Waals surface area contributed by atoms with Crippen LogP contribution < -0.4 is 15.8 Å². The van der Waals surface area contributed by atoms with Gasteiger partial charge in [-0.15, -0.1) is 11.3 Å². The van der Waals surface area contributed by atoms with E-state index in [2.05, 4.69) is 22.1 Å². The molecule has 0 fully saturated rings. The van der Waals surface area contributed by atoms with Gasteiger partial charge in [0.2, 0.25) is 5.91 Å². The molecular formula is C28H33N3O5S. The number of nitrogens with zero attached hydrogens (tertiary/aromatic N) is 2. The zero-order chi connectivity index (χ0) is 26.0. The first-order chi connectivity index (χ1) is 18.1. The number of methoxy groups -OCH3 is 1. The summed E-state index contributed by atoms with van der Waals surface area (Å²) in [6.45, 7) is 5.78. The lowest BCUT2D eigenvalue weighted by atomic mass is 10.1. The largest absolute Gasteiger partial charge is 0.422 e. The monoisotopic (exact) mass is 523 g/mol. The van der Waals surface area contributed by atoms with Crippen LogP contribution in [0.5, 0.6) is 0 Å². The molecule has 4 aromatic rings. The Labute approximate surface area is 220 Å². The van der Waals surface area contributed by atoms with E-state index in [0.29, 0.717) is 48.9 Å². The number of fused-ring (bicyclic) bond motifs is 2. The maximum Gasteiger partial charge on any atom is 0.346 e. The highest BCUT2D eigenvalue weighted by molar-refractivity contribution is 7.21. The molecule has 2 aromatic heterocycles. The van der Waals surface area contributed by atoms with Gasteiger partial charge >= 0.3 is 5.63 Å². The maximum absolute atomic E-state index is 12.8. The number of benzene rings is 2. The Kier molecular flexibility index (Phi) is 9.65. The quantitative estimate of drug-likeness (QED) is 0.187. The fourth-order valence-electron chi connectivity index (χ4n) is 4.09. The van der Waals surface area contributed by atoms with E-state index in [9.17, 15) is 9.59 Å². The second-order valence-electron chi connectivity index (χ2n) is 8.65. The van der Waals surface area contributed by atoms with Crippen LogP contribution in [0.3, 0.4) is 0 Å². The highest BCUT2D eigenvalue weighted by Crippen LogP contribution is 2.30. The van der Waals surface area contributed by atoms with Crippen molar-refractivity contribution < 1.29 is 18.7 Å². The molecule has 0 aliphatic carbocycles. The molecular weight excluding hydrogens is 490 g/mol. The minimum absolute atomic E-state index is 0.0369. The van der Waals surface area contributed by atoms with Crippen LogP contribution in [0.1, 0.15) is 26.2 Å². The zero-order valence-electron chi connectivity index (χ0n) is 21.3. The van der Waals surface area contributed by atoms with Gasteiger partial charge in [-0.25, -0.2) is 9.78 Å². The summed E-state index contributed by atoms with van der Waals surface area (Å²) in [7, 11) is 1.63. The Morgan fingerprint density at radius 3 is 2.78 bits per heavy atom. The third-order valence-corrected chi connectivity index (χ3v) is 7.14. The Balaban J connectivity index is 1.33. The fraction of sp³-hybridized carbons (Fsp3) is 0.393. The SMILES string of the molecule is CCN(CCCCC(=O)NCCOCCOC)c1ccc2cc(-c3nc4ccccc4s3)c(=O)oc2c1. The Morgan fingerprint density at radius 2 is 1.97 bits per heavy atom. The summed E-state index contributed by atoms with van der Waals surface area (Å²) in [6.07, 6.45) is 2.15. The molecule has 1 N–H and O–H groups in total. The number of anilines is 1. The van der Waals surface area contributed by atoms with E-state index in [4.69, 9.17) is 13.9 Å². The highest BCUT2D eigenvalue weighted by Gasteiger charge is 2.14. The molecule has 4 rings (SSSR count). The molecule has 37 heavy (non-hydrogen) atoms. The lowest BCUT2D eigenvalue weighted by Crippen LogP contribution is -2.28. The molecule has 8 nitrogen and oxygen atoms in total. The Hall–Kier alpha value is -3.27. The molecule has 0 aliphatic rings. The number of hydrogen-bond acceptors (Lipinski definition) is 8. The second-order valence-corrected chi connectivity index (χ2v) is 9.68. The van der Waals surface area contributed by atoms with E-state index in [0.717, 1.165) is 47.2 Å². The van der Waals surface area contributed by atoms with Crippen LogP contribution in [0.15, 0.2) is 57.7 Å². The maximum atomic E-state index is 12.8. The normalized spacial score (nSPS) is 11.3. The zero-order valence-corrected chi connectivity index (χ0v) is 22.1. The van der Waals surface area contributed by atoms with Gasteiger partial charge in [-0.05, 0) is 50.1 Å². The van der Waals surface area contributed by atoms with Gasteiger partial charge in [-0.2, -0.15) is 0 Å². The number of unbranched alkanes of at least 4 members (excludes halogenated alkanes) is 1. The van der Waals surface area contributed by atoms with Gasteiger partial charge in [-0.3, -0.25) is 4.79 Å². The van der Waals surface area contributed by atoms with Crippen molar-refractivity contribution in [3.8, 4) is 10.6 Å². The topological polar surface area (TPSA) is 93.9 Å². The molecule has 0 aliphatic heterocycles. The average molecular weight is 524 g/mol. The van der Waals surface area contributed by atoms with E-state index >= 15 is 0 Å². The van der Waals surface area contributed by atoms with Crippen LogP contribution >= 0.6 is 11.3 Å². The number of para-hydroxylation sites is 1. The number of nitrogens with one attached hydrogen (secondary N) is 1. The number of ether oxygens (including phenoxy) is 2. The van der Waals surface area contributed by atoms with Crippen LogP contribution in [-0.2, 0) is 14.3 Å². The Morgan fingerprint density at radius 1 is 1.11 bits per heavy atom. The molecule has 0 unspecified atom stereocenters. The predicted octanol–water partition coefficient (Wildman–Crippen LogP) is 4.85. The summed E-state index contributed by atoms with van der Waals surface area (Å²) in [5.74, 6) is 0.0369. The lowest BCUT2D eigenvalue weighted by Gasteiger charge is -2.23. The molecule has 0 radical (unpaired) electrons. The predicted molar refractivity (Wildman–Crippen MR) is 149 cm³/mol. The third-order valence-electron chi connectivity index (χ3n) is 6.07. The van der Waals surface area contributed by atoms with Crippen LogP contribution in [0.25, 0.3) is 31.8 Å². The minimum Gasteiger partial charge on any atom is -0.422 e. The summed E-state index contributed by atoms with van der Waals surface area (Å²) in [4.78, 5) is 31.7. The van der Waals surface area contributed by atoms with Gasteiger partial charge in [-0.1, -0.05) is 12.1 Å². The number of amides is 1. The minimum atomic E-state index is -0.387. The summed E-state index contributed by atoms with van der Waals surface area (Å²) in [6, 6.07) is 15.6. The molecule has 0 saturated carbocycles. The van der Waals surface area contributed by atoms with Crippen molar-refractivity contribution in [1.82, 2.24) is 10.3 Å². The molecule has 0 saturated heterocycles. The standard InChI is InChI=1S/C28H33N3O5S/c1-3-31(14-7-6-10-26(32)29-13-15-35-17-16-34-2)21-12-11-20-18-22(28(33)36-24(20)19-21)27-30-23-8-4-5-9-25(23)37-27/h4-5,8-9,11-12,18-19H,3,6-7,10,13-17H2,1-2H3,(H,29,32). The van der Waals surface area contributed by atoms with Crippen molar-refractivity contribution >= 4 is 44.1 Å². The number of rotatable bonds is 14. The lowest BCUT2D eigenvalue weighted by molar-refractivity contribution is -0.121. The molecule has 196 valence electrons. The summed E-state index contributed by atoms with van der Waals surface area (Å²) in [5.41, 5.74) is 2.51. The number of hydrogen-bond donors (Lipinski definition) is 1. The second kappa shape index (κ2) is 13.3. The molecule has 1 amide bonds. The van der Waals surface area contributed by atoms with Gasteiger partial charge in [0, 0.05) is 50.3 Å². The number of carbonyl (C=O) groups is 1. The van der Waals surface area contributed by atoms with E-state index < -0.39 is 0 Å². The van der Waals surface area contributed by atoms with Crippen molar-refractivity contribution in [3.05, 3.63) is 59.0 Å². The van der Waals surface area contributed by atoms with Gasteiger partial charge in [0.05, 0.1) is 35.6 Å². The van der Waals surface area contributed by atoms with Crippen molar-refractivity contribution in [3.63, 3.8) is 0 Å². The van der Waals surface area contributed by atoms with Crippen LogP contribution in [0, 0.1) is 0 Å². The Bertz CT molecular complexity index is 1350. The van der Waals surface area contributed by atoms with Crippen molar-refractivity contribution in [2.45, 2.75) is 26.2 Å². The van der Waals surface area contributed by atoms with E-state index in [1.807, 2.05) is 48.5 Å². The van der Waals surface area contributed by atoms with Crippen molar-refractivity contribution in [1.29, 1.82) is 0 Å². The molecule has 0 bridgehead atoms. The molecule has 0 spiro atoms. The van der Waals surface area contributed by atoms with Crippen LogP contribution in [0.2, 0.25) is 0 Å². The van der Waals surface area contributed by atoms with E-state index in [1.165, 1.54) is 11.3 Å². The highest BCUT2D eigenvalue weighted by atomic mass is 32.1. The summed E-state index contributed by atoms with van der Waals surface area (Å²) in [5, 5.41) is 4.40. The van der Waals surface area contributed by atoms with Crippen LogP contribution in [0.4, 0.5) is 5.69 Å². The fourth-order valence-corrected chi connectivity index (χ4v) is 5.06. The number of aromatic nitrogens is 1. The van der Waals surface area contributed by atoms with Gasteiger partial charge in [0.1, 0.15) is 10.6 Å². The number of thiazole rings is 1. The van der Waals surface area contributed by atoms with Gasteiger partial charge in [0.15, 0.2) is 0 Å². The molecule has 0 atom stereocenters. The summed E-state index contributed by atoms with van der Waals surface area (Å²) >= 11 is 1.49. The van der Waals surface area contributed by atoms with E-state index in [-0.39, 0.29) is 11.5 Å². The van der Waals surface area contributed by atoms with Crippen LogP contribution in [-0.4, -0.2) is 57.5 Å². The van der Waals surface area contributed by atoms with Crippen molar-refractivity contribution in [2.24, 2.45) is 0 Å². The molecule has 9 heteroatoms. The first-order valence-electron chi connectivity index (χ1n) is 12.6. The number of carbonyl (C=O) groups excluding carboxylic acids is 1. The van der Waals surface area contributed by atoms with E-state index in [1.54, 1.807) is 7.11 Å². The first-order valence-corrected chi connectivity index (χ1v) is 13.4. The smallest absolute Gasteiger partial charge is 0.346 e. The molecule has 2 aromatic carbocycles. The van der Waals surface area contributed by atoms with Gasteiger partial charge in [0.25, 0.3) is 0 Å². The van der Waals surface area contributed by atoms with Crippen molar-refractivity contribution in [2.75, 3.05) is 51.5 Å².